The van der Waals surface area contributed by atoms with Gasteiger partial charge in [0.05, 0.1) is 0 Å². The van der Waals surface area contributed by atoms with Crippen molar-refractivity contribution >= 4 is 29.1 Å². The molecular weight excluding hydrogens is 293 g/mol. The first-order valence-electron chi connectivity index (χ1n) is 7.35. The fourth-order valence-corrected chi connectivity index (χ4v) is 3.49. The van der Waals surface area contributed by atoms with Crippen LogP contribution < -0.4 is 0 Å². The Morgan fingerprint density at radius 3 is 2.65 bits per heavy atom. The first kappa shape index (κ1) is 15.7. The molecule has 0 radical (unpaired) electrons. The smallest absolute Gasteiger partial charge is 0.223 e. The molecule has 1 heterocycles. The van der Waals surface area contributed by atoms with E-state index in [-0.39, 0.29) is 5.91 Å². The predicted octanol–water partition coefficient (Wildman–Crippen LogP) is 4.72. The Labute approximate surface area is 131 Å². The molecule has 0 N–H and O–H groups in total. The predicted molar refractivity (Wildman–Crippen MR) is 84.4 cm³/mol. The molecule has 1 fully saturated rings. The van der Waals surface area contributed by atoms with Gasteiger partial charge in [0.1, 0.15) is 0 Å². The van der Waals surface area contributed by atoms with E-state index in [4.69, 9.17) is 23.2 Å². The topological polar surface area (TPSA) is 20.3 Å². The SMILES string of the molecule is CCC1CCCCN1C(=O)CCc1c(Cl)cccc1Cl. The van der Waals surface area contributed by atoms with Gasteiger partial charge in [0.25, 0.3) is 0 Å². The summed E-state index contributed by atoms with van der Waals surface area (Å²) in [7, 11) is 0. The number of benzene rings is 1. The van der Waals surface area contributed by atoms with Crippen molar-refractivity contribution in [2.75, 3.05) is 6.54 Å². The molecule has 0 spiro atoms. The molecule has 0 aliphatic carbocycles. The van der Waals surface area contributed by atoms with Crippen molar-refractivity contribution < 1.29 is 4.79 Å². The number of likely N-dealkylation sites (tertiary alicyclic amines) is 1. The maximum Gasteiger partial charge on any atom is 0.223 e. The molecular formula is C16H21Cl2NO. The van der Waals surface area contributed by atoms with Crippen LogP contribution in [0.1, 0.15) is 44.6 Å². The summed E-state index contributed by atoms with van der Waals surface area (Å²) in [6.07, 6.45) is 5.63. The Hall–Kier alpha value is -0.730. The average Bonchev–Trinajstić information content (AvgIpc) is 2.46. The zero-order valence-corrected chi connectivity index (χ0v) is 13.4. The number of rotatable bonds is 4. The van der Waals surface area contributed by atoms with Gasteiger partial charge < -0.3 is 4.90 Å². The highest BCUT2D eigenvalue weighted by atomic mass is 35.5. The monoisotopic (exact) mass is 313 g/mol. The zero-order valence-electron chi connectivity index (χ0n) is 11.9. The van der Waals surface area contributed by atoms with Crippen molar-refractivity contribution in [2.24, 2.45) is 0 Å². The minimum absolute atomic E-state index is 0.229. The highest BCUT2D eigenvalue weighted by Gasteiger charge is 2.25. The summed E-state index contributed by atoms with van der Waals surface area (Å²) >= 11 is 12.3. The molecule has 1 saturated heterocycles. The van der Waals surface area contributed by atoms with Gasteiger partial charge in [0.2, 0.25) is 5.91 Å². The third kappa shape index (κ3) is 3.67. The van der Waals surface area contributed by atoms with Gasteiger partial charge in [-0.25, -0.2) is 0 Å². The maximum atomic E-state index is 12.4. The molecule has 0 aromatic heterocycles. The van der Waals surface area contributed by atoms with Crippen LogP contribution in [0.25, 0.3) is 0 Å². The number of hydrogen-bond acceptors (Lipinski definition) is 1. The zero-order chi connectivity index (χ0) is 14.5. The number of carbonyl (C=O) groups is 1. The van der Waals surface area contributed by atoms with Crippen LogP contribution in [0.5, 0.6) is 0 Å². The fourth-order valence-electron chi connectivity index (χ4n) is 2.90. The maximum absolute atomic E-state index is 12.4. The van der Waals surface area contributed by atoms with Crippen LogP contribution in [-0.4, -0.2) is 23.4 Å². The van der Waals surface area contributed by atoms with E-state index in [2.05, 4.69) is 6.92 Å². The van der Waals surface area contributed by atoms with Crippen LogP contribution in [-0.2, 0) is 11.2 Å². The summed E-state index contributed by atoms with van der Waals surface area (Å²) in [4.78, 5) is 14.5. The number of piperidine rings is 1. The van der Waals surface area contributed by atoms with Crippen molar-refractivity contribution in [1.29, 1.82) is 0 Å². The highest BCUT2D eigenvalue weighted by molar-refractivity contribution is 6.36. The van der Waals surface area contributed by atoms with Crippen molar-refractivity contribution in [1.82, 2.24) is 4.90 Å². The van der Waals surface area contributed by atoms with Gasteiger partial charge in [-0.1, -0.05) is 36.2 Å². The molecule has 1 atom stereocenters. The van der Waals surface area contributed by atoms with Crippen LogP contribution in [0.4, 0.5) is 0 Å². The van der Waals surface area contributed by atoms with Crippen molar-refractivity contribution in [3.8, 4) is 0 Å². The first-order chi connectivity index (χ1) is 9.63. The van der Waals surface area contributed by atoms with Crippen molar-refractivity contribution in [3.05, 3.63) is 33.8 Å². The molecule has 1 amide bonds. The van der Waals surface area contributed by atoms with E-state index in [0.29, 0.717) is 28.9 Å². The van der Waals surface area contributed by atoms with Crippen molar-refractivity contribution in [2.45, 2.75) is 51.5 Å². The fraction of sp³-hybridized carbons (Fsp3) is 0.562. The van der Waals surface area contributed by atoms with E-state index in [0.717, 1.165) is 31.4 Å². The Balaban J connectivity index is 1.98. The Bertz CT molecular complexity index is 455. The molecule has 1 aromatic carbocycles. The molecule has 1 aliphatic heterocycles. The lowest BCUT2D eigenvalue weighted by Gasteiger charge is -2.35. The minimum atomic E-state index is 0.229. The van der Waals surface area contributed by atoms with E-state index >= 15 is 0 Å². The summed E-state index contributed by atoms with van der Waals surface area (Å²) in [6.45, 7) is 3.05. The molecule has 2 nitrogen and oxygen atoms in total. The molecule has 1 unspecified atom stereocenters. The summed E-state index contributed by atoms with van der Waals surface area (Å²) in [5, 5.41) is 1.30. The number of nitrogens with zero attached hydrogens (tertiary/aromatic N) is 1. The molecule has 2 rings (SSSR count). The van der Waals surface area contributed by atoms with E-state index in [9.17, 15) is 4.79 Å². The van der Waals surface area contributed by atoms with Crippen LogP contribution in [0.3, 0.4) is 0 Å². The van der Waals surface area contributed by atoms with Crippen LogP contribution >= 0.6 is 23.2 Å². The highest BCUT2D eigenvalue weighted by Crippen LogP contribution is 2.26. The largest absolute Gasteiger partial charge is 0.340 e. The third-order valence-corrected chi connectivity index (χ3v) is 4.78. The van der Waals surface area contributed by atoms with Gasteiger partial charge >= 0.3 is 0 Å². The second-order valence-electron chi connectivity index (χ2n) is 5.35. The lowest BCUT2D eigenvalue weighted by molar-refractivity contribution is -0.134. The van der Waals surface area contributed by atoms with Crippen LogP contribution in [0, 0.1) is 0 Å². The molecule has 110 valence electrons. The summed E-state index contributed by atoms with van der Waals surface area (Å²) < 4.78 is 0. The van der Waals surface area contributed by atoms with E-state index < -0.39 is 0 Å². The van der Waals surface area contributed by atoms with Crippen molar-refractivity contribution in [3.63, 3.8) is 0 Å². The second-order valence-corrected chi connectivity index (χ2v) is 6.16. The minimum Gasteiger partial charge on any atom is -0.340 e. The molecule has 20 heavy (non-hydrogen) atoms. The normalized spacial score (nSPS) is 19.1. The van der Waals surface area contributed by atoms with E-state index in [1.54, 1.807) is 0 Å². The second kappa shape index (κ2) is 7.33. The lowest BCUT2D eigenvalue weighted by atomic mass is 9.99. The van der Waals surface area contributed by atoms with Crippen LogP contribution in [0.2, 0.25) is 10.0 Å². The Kier molecular flexibility index (Phi) is 5.74. The summed E-state index contributed by atoms with van der Waals surface area (Å²) in [6, 6.07) is 5.89. The first-order valence-corrected chi connectivity index (χ1v) is 8.11. The number of carbonyl (C=O) groups excluding carboxylic acids is 1. The van der Waals surface area contributed by atoms with Gasteiger partial charge in [-0.2, -0.15) is 0 Å². The quantitative estimate of drug-likeness (QED) is 0.787. The Morgan fingerprint density at radius 2 is 2.00 bits per heavy atom. The lowest BCUT2D eigenvalue weighted by Crippen LogP contribution is -2.43. The number of hydrogen-bond donors (Lipinski definition) is 0. The van der Waals surface area contributed by atoms with Gasteiger partial charge in [0, 0.05) is 29.1 Å². The standard InChI is InChI=1S/C16H21Cl2NO/c1-2-12-6-3-4-11-19(12)16(20)10-9-13-14(17)7-5-8-15(13)18/h5,7-8,12H,2-4,6,9-11H2,1H3. The van der Waals surface area contributed by atoms with E-state index in [1.807, 2.05) is 23.1 Å². The van der Waals surface area contributed by atoms with Gasteiger partial charge in [-0.3, -0.25) is 4.79 Å². The van der Waals surface area contributed by atoms with E-state index in [1.165, 1.54) is 6.42 Å². The van der Waals surface area contributed by atoms with Gasteiger partial charge in [-0.15, -0.1) is 0 Å². The van der Waals surface area contributed by atoms with Crippen LogP contribution in [0.15, 0.2) is 18.2 Å². The van der Waals surface area contributed by atoms with Gasteiger partial charge in [0.15, 0.2) is 0 Å². The number of amides is 1. The molecule has 1 aliphatic rings. The molecule has 0 saturated carbocycles. The molecule has 1 aromatic rings. The number of halogens is 2. The summed E-state index contributed by atoms with van der Waals surface area (Å²) in [5.41, 5.74) is 0.884. The third-order valence-electron chi connectivity index (χ3n) is 4.07. The molecule has 4 heteroatoms. The average molecular weight is 314 g/mol. The van der Waals surface area contributed by atoms with Gasteiger partial charge in [-0.05, 0) is 49.8 Å². The Morgan fingerprint density at radius 1 is 1.30 bits per heavy atom. The molecule has 0 bridgehead atoms. The summed E-state index contributed by atoms with van der Waals surface area (Å²) in [5.74, 6) is 0.229.